The number of para-hydroxylation sites is 4. The van der Waals surface area contributed by atoms with Gasteiger partial charge in [-0.3, -0.25) is 0 Å². The molecule has 3 aromatic heterocycles. The van der Waals surface area contributed by atoms with Crippen LogP contribution in [0.15, 0.2) is 194 Å². The quantitative estimate of drug-likeness (QED) is 0.180. The highest BCUT2D eigenvalue weighted by atomic mass is 15.0. The second-order valence-electron chi connectivity index (χ2n) is 13.8. The third-order valence-electron chi connectivity index (χ3n) is 10.7. The van der Waals surface area contributed by atoms with Crippen molar-refractivity contribution in [2.24, 2.45) is 0 Å². The molecule has 11 aromatic rings. The van der Waals surface area contributed by atoms with E-state index >= 15 is 0 Å². The largest absolute Gasteiger partial charge is 0.309 e. The number of fused-ring (bicyclic) bond motifs is 7. The Balaban J connectivity index is 1.13. The average Bonchev–Trinajstić information content (AvgIpc) is 3.76. The van der Waals surface area contributed by atoms with Crippen LogP contribution in [0, 0.1) is 0 Å². The molecule has 0 aliphatic heterocycles. The van der Waals surface area contributed by atoms with Crippen molar-refractivity contribution in [3.05, 3.63) is 194 Å². The fourth-order valence-electron chi connectivity index (χ4n) is 8.24. The van der Waals surface area contributed by atoms with Crippen LogP contribution in [0.5, 0.6) is 0 Å². The van der Waals surface area contributed by atoms with Crippen molar-refractivity contribution in [3.8, 4) is 45.1 Å². The smallest absolute Gasteiger partial charge is 0.160 e. The fourth-order valence-corrected chi connectivity index (χ4v) is 8.24. The topological polar surface area (TPSA) is 35.6 Å². The molecule has 0 bridgehead atoms. The lowest BCUT2D eigenvalue weighted by molar-refractivity contribution is 1.17. The molecule has 0 atom stereocenters. The Morgan fingerprint density at radius 3 is 1.50 bits per heavy atom. The second-order valence-corrected chi connectivity index (χ2v) is 13.8. The molecule has 0 N–H and O–H groups in total. The van der Waals surface area contributed by atoms with Gasteiger partial charge in [0.1, 0.15) is 0 Å². The molecule has 4 heteroatoms. The first-order valence-electron chi connectivity index (χ1n) is 18.3. The minimum atomic E-state index is 0.710. The van der Waals surface area contributed by atoms with Crippen molar-refractivity contribution in [1.29, 1.82) is 0 Å². The van der Waals surface area contributed by atoms with E-state index in [1.165, 1.54) is 43.6 Å². The van der Waals surface area contributed by atoms with Gasteiger partial charge < -0.3 is 9.13 Å². The summed E-state index contributed by atoms with van der Waals surface area (Å²) in [4.78, 5) is 10.5. The Morgan fingerprint density at radius 2 is 0.815 bits per heavy atom. The molecule has 0 saturated heterocycles. The first-order chi connectivity index (χ1) is 26.8. The standard InChI is InChI=1S/C50H32N4/c1-3-14-33(15-4-1)50-51-44-29-27-34(35-26-28-42-41-22-9-10-23-45(41)53(48(42)32-35)37-17-5-2-6-18-37)31-43(44)49(52-50)36-16-13-19-38(30-36)54-46-24-11-7-20-39(46)40-21-8-12-25-47(40)54/h1-32H. The predicted molar refractivity (Wildman–Crippen MR) is 225 cm³/mol. The maximum Gasteiger partial charge on any atom is 0.160 e. The van der Waals surface area contributed by atoms with Gasteiger partial charge in [-0.25, -0.2) is 9.97 Å². The van der Waals surface area contributed by atoms with Gasteiger partial charge in [0.25, 0.3) is 0 Å². The summed E-state index contributed by atoms with van der Waals surface area (Å²) in [6.45, 7) is 0. The fraction of sp³-hybridized carbons (Fsp3) is 0. The molecule has 8 aromatic carbocycles. The maximum absolute atomic E-state index is 5.33. The Hall–Kier alpha value is -7.30. The molecule has 0 amide bonds. The SMILES string of the molecule is c1ccc(-c2nc(-c3cccc(-n4c5ccccc5c5ccccc54)c3)c3cc(-c4ccc5c6ccccc6n(-c6ccccc6)c5c4)ccc3n2)cc1. The number of benzene rings is 8. The number of rotatable bonds is 5. The lowest BCUT2D eigenvalue weighted by Gasteiger charge is -2.14. The lowest BCUT2D eigenvalue weighted by atomic mass is 9.98. The summed E-state index contributed by atoms with van der Waals surface area (Å²) in [6, 6.07) is 69.1. The number of hydrogen-bond acceptors (Lipinski definition) is 2. The Labute approximate surface area is 311 Å². The molecule has 252 valence electrons. The molecular formula is C50H32N4. The van der Waals surface area contributed by atoms with Gasteiger partial charge in [-0.15, -0.1) is 0 Å². The Bertz CT molecular complexity index is 3160. The molecule has 0 fully saturated rings. The lowest BCUT2D eigenvalue weighted by Crippen LogP contribution is -1.98. The predicted octanol–water partition coefficient (Wildman–Crippen LogP) is 12.8. The van der Waals surface area contributed by atoms with Crippen molar-refractivity contribution < 1.29 is 0 Å². The molecule has 0 spiro atoms. The molecule has 0 aliphatic carbocycles. The molecule has 0 saturated carbocycles. The normalized spacial score (nSPS) is 11.7. The van der Waals surface area contributed by atoms with Crippen molar-refractivity contribution >= 4 is 54.5 Å². The number of hydrogen-bond donors (Lipinski definition) is 0. The molecule has 0 aliphatic rings. The zero-order chi connectivity index (χ0) is 35.6. The van der Waals surface area contributed by atoms with E-state index < -0.39 is 0 Å². The Kier molecular flexibility index (Phi) is 6.82. The Morgan fingerprint density at radius 1 is 0.296 bits per heavy atom. The minimum Gasteiger partial charge on any atom is -0.309 e. The highest BCUT2D eigenvalue weighted by Gasteiger charge is 2.17. The van der Waals surface area contributed by atoms with Gasteiger partial charge in [-0.2, -0.15) is 0 Å². The van der Waals surface area contributed by atoms with Crippen LogP contribution < -0.4 is 0 Å². The molecule has 4 nitrogen and oxygen atoms in total. The summed E-state index contributed by atoms with van der Waals surface area (Å²) in [5.74, 6) is 0.710. The van der Waals surface area contributed by atoms with Crippen LogP contribution in [0.3, 0.4) is 0 Å². The first-order valence-corrected chi connectivity index (χ1v) is 18.3. The summed E-state index contributed by atoms with van der Waals surface area (Å²) >= 11 is 0. The van der Waals surface area contributed by atoms with E-state index in [1.54, 1.807) is 0 Å². The highest BCUT2D eigenvalue weighted by molar-refractivity contribution is 6.11. The van der Waals surface area contributed by atoms with E-state index in [4.69, 9.17) is 9.97 Å². The van der Waals surface area contributed by atoms with Crippen LogP contribution in [0.1, 0.15) is 0 Å². The summed E-state index contributed by atoms with van der Waals surface area (Å²) in [5, 5.41) is 5.97. The van der Waals surface area contributed by atoms with Gasteiger partial charge in [0.2, 0.25) is 0 Å². The second kappa shape index (κ2) is 12.1. The molecular weight excluding hydrogens is 657 g/mol. The zero-order valence-corrected chi connectivity index (χ0v) is 29.3. The zero-order valence-electron chi connectivity index (χ0n) is 29.3. The van der Waals surface area contributed by atoms with Gasteiger partial charge in [-0.1, -0.05) is 133 Å². The first kappa shape index (κ1) is 30.3. The molecule has 11 rings (SSSR count). The third-order valence-corrected chi connectivity index (χ3v) is 10.7. The van der Waals surface area contributed by atoms with Crippen LogP contribution in [0.4, 0.5) is 0 Å². The maximum atomic E-state index is 5.33. The summed E-state index contributed by atoms with van der Waals surface area (Å²) in [5.41, 5.74) is 13.1. The van der Waals surface area contributed by atoms with Gasteiger partial charge >= 0.3 is 0 Å². The van der Waals surface area contributed by atoms with Crippen LogP contribution in [0.25, 0.3) is 99.7 Å². The van der Waals surface area contributed by atoms with Gasteiger partial charge in [0.05, 0.1) is 33.3 Å². The van der Waals surface area contributed by atoms with E-state index in [-0.39, 0.29) is 0 Å². The molecule has 3 heterocycles. The molecule has 0 unspecified atom stereocenters. The van der Waals surface area contributed by atoms with Crippen molar-refractivity contribution in [3.63, 3.8) is 0 Å². The number of aromatic nitrogens is 4. The van der Waals surface area contributed by atoms with E-state index in [2.05, 4.69) is 185 Å². The summed E-state index contributed by atoms with van der Waals surface area (Å²) in [7, 11) is 0. The van der Waals surface area contributed by atoms with Crippen LogP contribution in [0.2, 0.25) is 0 Å². The van der Waals surface area contributed by atoms with Crippen LogP contribution in [-0.2, 0) is 0 Å². The van der Waals surface area contributed by atoms with Crippen molar-refractivity contribution in [1.82, 2.24) is 19.1 Å². The minimum absolute atomic E-state index is 0.710. The average molecular weight is 689 g/mol. The molecule has 0 radical (unpaired) electrons. The van der Waals surface area contributed by atoms with Gasteiger partial charge in [0, 0.05) is 49.4 Å². The van der Waals surface area contributed by atoms with E-state index in [0.29, 0.717) is 5.82 Å². The third kappa shape index (κ3) is 4.78. The van der Waals surface area contributed by atoms with Crippen LogP contribution in [-0.4, -0.2) is 19.1 Å². The van der Waals surface area contributed by atoms with Crippen molar-refractivity contribution in [2.75, 3.05) is 0 Å². The van der Waals surface area contributed by atoms with Crippen molar-refractivity contribution in [2.45, 2.75) is 0 Å². The summed E-state index contributed by atoms with van der Waals surface area (Å²) in [6.07, 6.45) is 0. The molecule has 54 heavy (non-hydrogen) atoms. The van der Waals surface area contributed by atoms with Gasteiger partial charge in [0.15, 0.2) is 5.82 Å². The van der Waals surface area contributed by atoms with Crippen LogP contribution >= 0.6 is 0 Å². The van der Waals surface area contributed by atoms with E-state index in [1.807, 2.05) is 18.2 Å². The van der Waals surface area contributed by atoms with E-state index in [0.717, 1.165) is 50.2 Å². The van der Waals surface area contributed by atoms with Gasteiger partial charge in [-0.05, 0) is 71.8 Å². The van der Waals surface area contributed by atoms with E-state index in [9.17, 15) is 0 Å². The monoisotopic (exact) mass is 688 g/mol. The number of nitrogens with zero attached hydrogens (tertiary/aromatic N) is 4. The summed E-state index contributed by atoms with van der Waals surface area (Å²) < 4.78 is 4.73. The highest BCUT2D eigenvalue weighted by Crippen LogP contribution is 2.38.